The first-order chi connectivity index (χ1) is 5.38. The summed E-state index contributed by atoms with van der Waals surface area (Å²) in [6.45, 7) is 2.11. The molecule has 11 heavy (non-hydrogen) atoms. The Bertz CT molecular complexity index is 253. The summed E-state index contributed by atoms with van der Waals surface area (Å²) in [6, 6.07) is 8.09. The van der Waals surface area contributed by atoms with Gasteiger partial charge < -0.3 is 5.84 Å². The van der Waals surface area contributed by atoms with E-state index in [-0.39, 0.29) is 0 Å². The number of hydrogen-bond donors (Lipinski definition) is 1. The standard InChI is InChI=1S/C9H12N2/c1-2-8-5-3-4-6-9(8)7-11-10/h3-7H,2,10H2,1H3/b11-7+. The highest BCUT2D eigenvalue weighted by Crippen LogP contribution is 2.05. The lowest BCUT2D eigenvalue weighted by molar-refractivity contribution is 1.13. The molecule has 0 spiro atoms. The van der Waals surface area contributed by atoms with Gasteiger partial charge in [0, 0.05) is 0 Å². The molecule has 0 saturated heterocycles. The molecule has 0 heterocycles. The van der Waals surface area contributed by atoms with Gasteiger partial charge in [-0.15, -0.1) is 0 Å². The van der Waals surface area contributed by atoms with Crippen molar-refractivity contribution in [1.29, 1.82) is 0 Å². The van der Waals surface area contributed by atoms with Crippen molar-refractivity contribution in [2.75, 3.05) is 0 Å². The molecule has 1 rings (SSSR count). The first-order valence-corrected chi connectivity index (χ1v) is 3.69. The maximum Gasteiger partial charge on any atom is 0.0540 e. The highest BCUT2D eigenvalue weighted by Gasteiger charge is 1.93. The van der Waals surface area contributed by atoms with Gasteiger partial charge in [-0.1, -0.05) is 31.2 Å². The van der Waals surface area contributed by atoms with E-state index in [1.165, 1.54) is 5.56 Å². The van der Waals surface area contributed by atoms with Gasteiger partial charge in [0.25, 0.3) is 0 Å². The zero-order valence-electron chi connectivity index (χ0n) is 6.62. The number of nitrogens with zero attached hydrogens (tertiary/aromatic N) is 1. The number of rotatable bonds is 2. The molecule has 0 fully saturated rings. The summed E-state index contributed by atoms with van der Waals surface area (Å²) in [6.07, 6.45) is 2.70. The summed E-state index contributed by atoms with van der Waals surface area (Å²) >= 11 is 0. The van der Waals surface area contributed by atoms with Crippen LogP contribution in [-0.2, 0) is 6.42 Å². The maximum absolute atomic E-state index is 5.05. The number of benzene rings is 1. The monoisotopic (exact) mass is 148 g/mol. The second-order valence-corrected chi connectivity index (χ2v) is 2.33. The lowest BCUT2D eigenvalue weighted by Crippen LogP contribution is -1.92. The quantitative estimate of drug-likeness (QED) is 0.385. The fourth-order valence-corrected chi connectivity index (χ4v) is 1.06. The van der Waals surface area contributed by atoms with Gasteiger partial charge in [-0.2, -0.15) is 5.10 Å². The molecule has 2 nitrogen and oxygen atoms in total. The third-order valence-electron chi connectivity index (χ3n) is 1.65. The van der Waals surface area contributed by atoms with E-state index in [2.05, 4.69) is 18.1 Å². The van der Waals surface area contributed by atoms with E-state index in [1.807, 2.05) is 18.2 Å². The lowest BCUT2D eigenvalue weighted by atomic mass is 10.1. The topological polar surface area (TPSA) is 38.4 Å². The fourth-order valence-electron chi connectivity index (χ4n) is 1.06. The molecular weight excluding hydrogens is 136 g/mol. The Morgan fingerprint density at radius 1 is 1.45 bits per heavy atom. The predicted octanol–water partition coefficient (Wildman–Crippen LogP) is 1.54. The Morgan fingerprint density at radius 3 is 2.82 bits per heavy atom. The molecule has 0 unspecified atom stereocenters. The Labute approximate surface area is 66.7 Å². The van der Waals surface area contributed by atoms with Gasteiger partial charge in [0.1, 0.15) is 0 Å². The van der Waals surface area contributed by atoms with Crippen LogP contribution in [0.4, 0.5) is 0 Å². The largest absolute Gasteiger partial charge is 0.323 e. The molecule has 0 bridgehead atoms. The average molecular weight is 148 g/mol. The van der Waals surface area contributed by atoms with Crippen molar-refractivity contribution >= 4 is 6.21 Å². The van der Waals surface area contributed by atoms with Crippen molar-refractivity contribution in [2.24, 2.45) is 10.9 Å². The first kappa shape index (κ1) is 7.79. The molecular formula is C9H12N2. The summed E-state index contributed by atoms with van der Waals surface area (Å²) in [5.41, 5.74) is 2.39. The smallest absolute Gasteiger partial charge is 0.0540 e. The van der Waals surface area contributed by atoms with Crippen LogP contribution in [0.25, 0.3) is 0 Å². The highest BCUT2D eigenvalue weighted by molar-refractivity contribution is 5.81. The minimum atomic E-state index is 1.02. The summed E-state index contributed by atoms with van der Waals surface area (Å²) in [4.78, 5) is 0. The van der Waals surface area contributed by atoms with Crippen LogP contribution >= 0.6 is 0 Å². The second kappa shape index (κ2) is 3.76. The van der Waals surface area contributed by atoms with Crippen molar-refractivity contribution in [2.45, 2.75) is 13.3 Å². The zero-order valence-corrected chi connectivity index (χ0v) is 6.62. The van der Waals surface area contributed by atoms with Crippen LogP contribution in [-0.4, -0.2) is 6.21 Å². The normalized spacial score (nSPS) is 10.6. The molecule has 1 aromatic rings. The molecule has 0 aliphatic heterocycles. The Kier molecular flexibility index (Phi) is 2.66. The molecule has 2 N–H and O–H groups in total. The Balaban J connectivity index is 3.02. The number of nitrogens with two attached hydrogens (primary N) is 1. The third-order valence-corrected chi connectivity index (χ3v) is 1.65. The molecule has 0 aromatic heterocycles. The molecule has 0 aliphatic carbocycles. The third kappa shape index (κ3) is 1.80. The number of hydrogen-bond acceptors (Lipinski definition) is 2. The summed E-state index contributed by atoms with van der Waals surface area (Å²) < 4.78 is 0. The van der Waals surface area contributed by atoms with Crippen LogP contribution in [0.2, 0.25) is 0 Å². The van der Waals surface area contributed by atoms with Gasteiger partial charge >= 0.3 is 0 Å². The van der Waals surface area contributed by atoms with Gasteiger partial charge in [0.15, 0.2) is 0 Å². The molecule has 0 saturated carbocycles. The Morgan fingerprint density at radius 2 is 2.18 bits per heavy atom. The number of aryl methyl sites for hydroxylation is 1. The summed E-state index contributed by atoms with van der Waals surface area (Å²) in [5.74, 6) is 5.05. The average Bonchev–Trinajstić information content (AvgIpc) is 2.06. The van der Waals surface area contributed by atoms with Crippen molar-refractivity contribution in [1.82, 2.24) is 0 Å². The van der Waals surface area contributed by atoms with E-state index < -0.39 is 0 Å². The van der Waals surface area contributed by atoms with E-state index in [0.29, 0.717) is 0 Å². The van der Waals surface area contributed by atoms with E-state index >= 15 is 0 Å². The number of hydrazone groups is 1. The van der Waals surface area contributed by atoms with E-state index in [0.717, 1.165) is 12.0 Å². The fraction of sp³-hybridized carbons (Fsp3) is 0.222. The van der Waals surface area contributed by atoms with E-state index in [4.69, 9.17) is 5.84 Å². The zero-order chi connectivity index (χ0) is 8.10. The van der Waals surface area contributed by atoms with Crippen molar-refractivity contribution in [3.8, 4) is 0 Å². The van der Waals surface area contributed by atoms with Gasteiger partial charge in [-0.25, -0.2) is 0 Å². The molecule has 2 heteroatoms. The minimum absolute atomic E-state index is 1.02. The van der Waals surface area contributed by atoms with Gasteiger partial charge in [0.2, 0.25) is 0 Å². The van der Waals surface area contributed by atoms with Crippen LogP contribution in [0.15, 0.2) is 29.4 Å². The van der Waals surface area contributed by atoms with Crippen molar-refractivity contribution in [3.63, 3.8) is 0 Å². The second-order valence-electron chi connectivity index (χ2n) is 2.33. The van der Waals surface area contributed by atoms with Crippen molar-refractivity contribution in [3.05, 3.63) is 35.4 Å². The van der Waals surface area contributed by atoms with Crippen LogP contribution in [0.3, 0.4) is 0 Å². The molecule has 0 radical (unpaired) electrons. The highest BCUT2D eigenvalue weighted by atomic mass is 15.1. The molecule has 1 aromatic carbocycles. The van der Waals surface area contributed by atoms with Crippen LogP contribution in [0.1, 0.15) is 18.1 Å². The SMILES string of the molecule is CCc1ccccc1/C=N/N. The summed E-state index contributed by atoms with van der Waals surface area (Å²) in [5, 5.41) is 3.49. The molecule has 0 amide bonds. The summed E-state index contributed by atoms with van der Waals surface area (Å²) in [7, 11) is 0. The van der Waals surface area contributed by atoms with Crippen LogP contribution in [0, 0.1) is 0 Å². The molecule has 0 aliphatic rings. The molecule has 0 atom stereocenters. The molecule has 58 valence electrons. The lowest BCUT2D eigenvalue weighted by Gasteiger charge is -1.99. The minimum Gasteiger partial charge on any atom is -0.323 e. The van der Waals surface area contributed by atoms with Gasteiger partial charge in [0.05, 0.1) is 6.21 Å². The maximum atomic E-state index is 5.05. The van der Waals surface area contributed by atoms with E-state index in [9.17, 15) is 0 Å². The Hall–Kier alpha value is -1.31. The van der Waals surface area contributed by atoms with Crippen LogP contribution < -0.4 is 5.84 Å². The predicted molar refractivity (Wildman–Crippen MR) is 47.6 cm³/mol. The van der Waals surface area contributed by atoms with Gasteiger partial charge in [-0.05, 0) is 17.5 Å². The van der Waals surface area contributed by atoms with Crippen molar-refractivity contribution < 1.29 is 0 Å². The van der Waals surface area contributed by atoms with E-state index in [1.54, 1.807) is 6.21 Å². The van der Waals surface area contributed by atoms with Gasteiger partial charge in [-0.3, -0.25) is 0 Å². The van der Waals surface area contributed by atoms with Crippen LogP contribution in [0.5, 0.6) is 0 Å². The first-order valence-electron chi connectivity index (χ1n) is 3.69.